The third-order valence-corrected chi connectivity index (χ3v) is 7.59. The normalized spacial score (nSPS) is 30.4. The van der Waals surface area contributed by atoms with Crippen molar-refractivity contribution in [2.45, 2.75) is 85.3 Å². The van der Waals surface area contributed by atoms with Crippen LogP contribution in [0, 0.1) is 11.8 Å². The zero-order valence-corrected chi connectivity index (χ0v) is 29.8. The number of allylic oxidation sites excluding steroid dienone is 11. The second-order valence-electron chi connectivity index (χ2n) is 12.0. The second kappa shape index (κ2) is 24.1. The van der Waals surface area contributed by atoms with E-state index in [9.17, 15) is 19.5 Å². The lowest BCUT2D eigenvalue weighted by Crippen LogP contribution is -2.43. The number of esters is 1. The van der Waals surface area contributed by atoms with Crippen molar-refractivity contribution in [3.8, 4) is 0 Å². The number of nitrogens with one attached hydrogen (secondary N) is 2. The molecule has 0 aliphatic carbocycles. The van der Waals surface area contributed by atoms with Crippen LogP contribution in [-0.2, 0) is 28.6 Å². The van der Waals surface area contributed by atoms with Gasteiger partial charge in [-0.1, -0.05) is 110 Å². The van der Waals surface area contributed by atoms with Gasteiger partial charge in [0.1, 0.15) is 6.10 Å². The van der Waals surface area contributed by atoms with Crippen LogP contribution >= 0.6 is 0 Å². The molecule has 9 heteroatoms. The minimum absolute atomic E-state index is 0.00700. The highest BCUT2D eigenvalue weighted by Crippen LogP contribution is 2.20. The van der Waals surface area contributed by atoms with Crippen molar-refractivity contribution in [2.24, 2.45) is 11.8 Å². The maximum absolute atomic E-state index is 13.0. The highest BCUT2D eigenvalue weighted by atomic mass is 16.5. The van der Waals surface area contributed by atoms with E-state index in [1.807, 2.05) is 88.5 Å². The van der Waals surface area contributed by atoms with Crippen molar-refractivity contribution >= 4 is 18.3 Å². The zero-order valence-electron chi connectivity index (χ0n) is 29.8. The molecule has 0 saturated carbocycles. The summed E-state index contributed by atoms with van der Waals surface area (Å²) >= 11 is 0. The number of ether oxygens (including phenoxy) is 3. The first-order valence-corrected chi connectivity index (χ1v) is 16.4. The third-order valence-electron chi connectivity index (χ3n) is 7.59. The summed E-state index contributed by atoms with van der Waals surface area (Å²) in [6.45, 7) is 12.0. The van der Waals surface area contributed by atoms with Gasteiger partial charge in [0.2, 0.25) is 12.6 Å². The Bertz CT molecular complexity index is 1300. The van der Waals surface area contributed by atoms with Crippen molar-refractivity contribution in [1.29, 1.82) is 0 Å². The van der Waals surface area contributed by atoms with E-state index >= 15 is 0 Å². The average Bonchev–Trinajstić information content (AvgIpc) is 3.06. The monoisotopic (exact) mass is 664 g/mol. The van der Waals surface area contributed by atoms with Crippen molar-refractivity contribution in [3.63, 3.8) is 0 Å². The minimum Gasteiger partial charge on any atom is -0.454 e. The van der Waals surface area contributed by atoms with E-state index in [-0.39, 0.29) is 37.0 Å². The molecule has 264 valence electrons. The number of amides is 2. The number of carbonyl (C=O) groups excluding carboxylic acids is 3. The van der Waals surface area contributed by atoms with Gasteiger partial charge < -0.3 is 30.0 Å². The van der Waals surface area contributed by atoms with Crippen LogP contribution < -0.4 is 10.6 Å². The van der Waals surface area contributed by atoms with Crippen LogP contribution in [0.2, 0.25) is 0 Å². The van der Waals surface area contributed by atoms with Gasteiger partial charge in [-0.15, -0.1) is 0 Å². The molecule has 1 heterocycles. The molecule has 0 radical (unpaired) electrons. The molecule has 1 aliphatic heterocycles. The molecule has 1 aliphatic rings. The molecule has 0 bridgehead atoms. The largest absolute Gasteiger partial charge is 0.454 e. The smallest absolute Gasteiger partial charge is 0.331 e. The number of methoxy groups -OCH3 is 2. The van der Waals surface area contributed by atoms with Crippen molar-refractivity contribution < 1.29 is 33.7 Å². The first kappa shape index (κ1) is 42.0. The Kier molecular flexibility index (Phi) is 21.1. The summed E-state index contributed by atoms with van der Waals surface area (Å²) in [7, 11) is 3.41. The number of hydrogen-bond donors (Lipinski definition) is 3. The van der Waals surface area contributed by atoms with Gasteiger partial charge >= 0.3 is 5.97 Å². The molecular weight excluding hydrogens is 608 g/mol. The van der Waals surface area contributed by atoms with E-state index < -0.39 is 24.2 Å². The number of hydrogen-bond acceptors (Lipinski definition) is 7. The number of aliphatic hydroxyl groups excluding tert-OH is 1. The highest BCUT2D eigenvalue weighted by Gasteiger charge is 2.21. The van der Waals surface area contributed by atoms with Crippen LogP contribution in [-0.4, -0.2) is 68.7 Å². The van der Waals surface area contributed by atoms with Crippen LogP contribution in [0.3, 0.4) is 0 Å². The van der Waals surface area contributed by atoms with Crippen LogP contribution in [0.25, 0.3) is 0 Å². The second-order valence-corrected chi connectivity index (χ2v) is 12.0. The van der Waals surface area contributed by atoms with E-state index in [2.05, 4.69) is 36.5 Å². The Morgan fingerprint density at radius 3 is 2.38 bits per heavy atom. The van der Waals surface area contributed by atoms with Gasteiger partial charge in [0.25, 0.3) is 5.91 Å². The quantitative estimate of drug-likeness (QED) is 0.117. The molecule has 0 aromatic heterocycles. The van der Waals surface area contributed by atoms with Crippen LogP contribution in [0.1, 0.15) is 60.8 Å². The van der Waals surface area contributed by atoms with Gasteiger partial charge in [-0.3, -0.25) is 9.59 Å². The Hall–Kier alpha value is -4.05. The van der Waals surface area contributed by atoms with E-state index in [0.29, 0.717) is 0 Å². The maximum atomic E-state index is 13.0. The lowest BCUT2D eigenvalue weighted by Gasteiger charge is -2.22. The standard InChI is InChI=1S/C39H56N2O7/c1-28-13-11-17-34(46-7)16-10-9-15-32(5)37(33(6)23-21-31(4)26-40-38(44)39(45)41-27-42)48-36(43)24-22-29(2)19-20-30(3)25-35(47-8)18-12-14-28/h9-10,12-16,19-25,27,29,32,34-35,37,39,45H,11,17-18,26H2,1-8H3,(H,40,44)(H,41,42)/b14-12+,15-9+,16-10+,20-19+,24-22+,28-13-,30-25+,31-21+,33-23+/t29-,32+,34-,35+,37+,39+/m1/s1. The minimum atomic E-state index is -1.62. The Morgan fingerprint density at radius 2 is 1.69 bits per heavy atom. The molecule has 48 heavy (non-hydrogen) atoms. The lowest BCUT2D eigenvalue weighted by atomic mass is 9.96. The van der Waals surface area contributed by atoms with Crippen LogP contribution in [0.4, 0.5) is 0 Å². The lowest BCUT2D eigenvalue weighted by molar-refractivity contribution is -0.142. The molecule has 6 atom stereocenters. The van der Waals surface area contributed by atoms with Crippen molar-refractivity contribution in [3.05, 3.63) is 107 Å². The van der Waals surface area contributed by atoms with E-state index in [1.165, 1.54) is 11.6 Å². The van der Waals surface area contributed by atoms with Gasteiger partial charge in [-0.25, -0.2) is 4.79 Å². The predicted molar refractivity (Wildman–Crippen MR) is 193 cm³/mol. The average molecular weight is 665 g/mol. The van der Waals surface area contributed by atoms with Gasteiger partial charge in [-0.2, -0.15) is 0 Å². The summed E-state index contributed by atoms with van der Waals surface area (Å²) < 4.78 is 17.3. The van der Waals surface area contributed by atoms with Gasteiger partial charge in [0.15, 0.2) is 0 Å². The summed E-state index contributed by atoms with van der Waals surface area (Å²) in [6, 6.07) is 0. The Labute approximate surface area is 287 Å². The molecule has 0 saturated heterocycles. The fourth-order valence-corrected chi connectivity index (χ4v) is 4.60. The van der Waals surface area contributed by atoms with Crippen LogP contribution in [0.5, 0.6) is 0 Å². The van der Waals surface area contributed by atoms with Gasteiger partial charge in [0.05, 0.1) is 12.2 Å². The topological polar surface area (TPSA) is 123 Å². The molecule has 3 N–H and O–H groups in total. The molecule has 0 fully saturated rings. The van der Waals surface area contributed by atoms with E-state index in [1.54, 1.807) is 20.3 Å². The number of carbonyl (C=O) groups is 3. The predicted octanol–water partition coefficient (Wildman–Crippen LogP) is 6.13. The molecule has 1 rings (SSSR count). The fourth-order valence-electron chi connectivity index (χ4n) is 4.60. The number of rotatable bonds is 9. The molecule has 2 amide bonds. The van der Waals surface area contributed by atoms with Crippen LogP contribution in [0.15, 0.2) is 107 Å². The maximum Gasteiger partial charge on any atom is 0.331 e. The SMILES string of the molecule is CO[C@@H]1/C=C(C)/C=C/[C@@H](C)/C=C/C(=O)O[C@H](/C(C)=C/C=C(\C)CNC(=O)[C@H](O)NC=O)[C@@H](C)/C=C/C=C/[C@@H](OC)CC/C=C(C)\C=C\C1. The molecule has 0 unspecified atom stereocenters. The van der Waals surface area contributed by atoms with E-state index in [4.69, 9.17) is 14.2 Å². The van der Waals surface area contributed by atoms with Gasteiger partial charge in [0, 0.05) is 32.8 Å². The molecular formula is C39H56N2O7. The number of cyclic esters (lactones) is 1. The summed E-state index contributed by atoms with van der Waals surface area (Å²) in [5.41, 5.74) is 3.85. The number of aliphatic hydroxyl groups is 1. The van der Waals surface area contributed by atoms with E-state index in [0.717, 1.165) is 36.0 Å². The van der Waals surface area contributed by atoms with Gasteiger partial charge in [-0.05, 0) is 58.4 Å². The summed E-state index contributed by atoms with van der Waals surface area (Å²) in [6.07, 6.45) is 27.9. The molecule has 0 aromatic carbocycles. The molecule has 9 nitrogen and oxygen atoms in total. The van der Waals surface area contributed by atoms with Crippen molar-refractivity contribution in [1.82, 2.24) is 10.6 Å². The Balaban J connectivity index is 3.31. The first-order valence-electron chi connectivity index (χ1n) is 16.4. The molecule has 0 spiro atoms. The molecule has 0 aromatic rings. The zero-order chi connectivity index (χ0) is 35.9. The van der Waals surface area contributed by atoms with Crippen molar-refractivity contribution in [2.75, 3.05) is 20.8 Å². The summed E-state index contributed by atoms with van der Waals surface area (Å²) in [4.78, 5) is 35.4. The summed E-state index contributed by atoms with van der Waals surface area (Å²) in [5.74, 6) is -1.34. The third kappa shape index (κ3) is 18.3. The Morgan fingerprint density at radius 1 is 1.00 bits per heavy atom. The summed E-state index contributed by atoms with van der Waals surface area (Å²) in [5, 5.41) is 14.1. The fraction of sp³-hybridized carbons (Fsp3) is 0.462. The highest BCUT2D eigenvalue weighted by molar-refractivity contribution is 5.82. The first-order chi connectivity index (χ1) is 22.9.